The second-order valence-electron chi connectivity index (χ2n) is 9.68. The van der Waals surface area contributed by atoms with Crippen molar-refractivity contribution in [2.45, 2.75) is 121 Å². The maximum Gasteiger partial charge on any atom is 0.307 e. The minimum absolute atomic E-state index is 0.0170. The average Bonchev–Trinajstić information content (AvgIpc) is 3.40. The van der Waals surface area contributed by atoms with Crippen LogP contribution in [0.1, 0.15) is 131 Å². The van der Waals surface area contributed by atoms with E-state index in [9.17, 15) is 9.59 Å². The molecule has 1 aliphatic rings. The summed E-state index contributed by atoms with van der Waals surface area (Å²) in [5, 5.41) is 0. The van der Waals surface area contributed by atoms with Crippen LogP contribution in [0.3, 0.4) is 0 Å². The SMILES string of the molecule is CC.CC/C(C)=C(\C)c1ccccc1C.CCCC.CCCC.COc1ccc([C@@H]2OC(=O)CC2C(C)=O)cc1. The molecule has 0 spiro atoms. The fourth-order valence-corrected chi connectivity index (χ4v) is 3.50. The first-order valence-corrected chi connectivity index (χ1v) is 15.2. The molecule has 1 heterocycles. The third-order valence-electron chi connectivity index (χ3n) is 6.70. The number of rotatable bonds is 7. The highest BCUT2D eigenvalue weighted by Gasteiger charge is 2.38. The van der Waals surface area contributed by atoms with Gasteiger partial charge in [-0.3, -0.25) is 9.59 Å². The molecule has 1 fully saturated rings. The number of ether oxygens (including phenoxy) is 2. The number of cyclic esters (lactones) is 1. The van der Waals surface area contributed by atoms with Crippen molar-refractivity contribution in [1.29, 1.82) is 0 Å². The van der Waals surface area contributed by atoms with Gasteiger partial charge in [0.1, 0.15) is 17.6 Å². The summed E-state index contributed by atoms with van der Waals surface area (Å²) in [6.07, 6.45) is 6.14. The summed E-state index contributed by atoms with van der Waals surface area (Å²) in [5.74, 6) is 0.0380. The van der Waals surface area contributed by atoms with Crippen LogP contribution in [0.25, 0.3) is 5.57 Å². The number of ketones is 1. The summed E-state index contributed by atoms with van der Waals surface area (Å²) < 4.78 is 10.2. The zero-order chi connectivity index (χ0) is 31.1. The fraction of sp³-hybridized carbons (Fsp3) is 0.556. The summed E-state index contributed by atoms with van der Waals surface area (Å²) in [4.78, 5) is 22.7. The van der Waals surface area contributed by atoms with Gasteiger partial charge in [-0.1, -0.05) is 116 Å². The third kappa shape index (κ3) is 15.1. The monoisotopic (exact) mass is 554 g/mol. The predicted molar refractivity (Wildman–Crippen MR) is 173 cm³/mol. The molecule has 0 amide bonds. The number of Topliss-reactive ketones (excluding diaryl/α,β-unsaturated/α-hetero) is 1. The zero-order valence-corrected chi connectivity index (χ0v) is 27.6. The second kappa shape index (κ2) is 24.0. The quantitative estimate of drug-likeness (QED) is 0.319. The summed E-state index contributed by atoms with van der Waals surface area (Å²) in [6.45, 7) is 23.0. The van der Waals surface area contributed by atoms with Gasteiger partial charge in [-0.25, -0.2) is 0 Å². The van der Waals surface area contributed by atoms with Gasteiger partial charge in [0.25, 0.3) is 0 Å². The maximum absolute atomic E-state index is 11.4. The molecule has 0 saturated carbocycles. The van der Waals surface area contributed by atoms with Crippen molar-refractivity contribution in [3.8, 4) is 5.75 Å². The highest BCUT2D eigenvalue weighted by Crippen LogP contribution is 2.36. The van der Waals surface area contributed by atoms with E-state index in [4.69, 9.17) is 9.47 Å². The number of carbonyl (C=O) groups excluding carboxylic acids is 2. The highest BCUT2D eigenvalue weighted by atomic mass is 16.6. The van der Waals surface area contributed by atoms with Gasteiger partial charge in [0, 0.05) is 0 Å². The number of aryl methyl sites for hydroxylation is 1. The molecule has 0 bridgehead atoms. The van der Waals surface area contributed by atoms with E-state index < -0.39 is 6.10 Å². The molecule has 2 atom stereocenters. The maximum atomic E-state index is 11.4. The van der Waals surface area contributed by atoms with Crippen LogP contribution >= 0.6 is 0 Å². The lowest BCUT2D eigenvalue weighted by atomic mass is 9.92. The Morgan fingerprint density at radius 3 is 1.75 bits per heavy atom. The molecule has 3 rings (SSSR count). The lowest BCUT2D eigenvalue weighted by molar-refractivity contribution is -0.141. The van der Waals surface area contributed by atoms with Gasteiger partial charge in [-0.05, 0) is 68.5 Å². The number of hydrogen-bond acceptors (Lipinski definition) is 4. The van der Waals surface area contributed by atoms with Crippen LogP contribution in [-0.4, -0.2) is 18.9 Å². The van der Waals surface area contributed by atoms with Crippen LogP contribution in [0.2, 0.25) is 0 Å². The standard InChI is InChI=1S/C13H14O4.C13H18.2C4H10.C2H6/c1-8(14)11-7-12(15)17-13(11)9-3-5-10(16-2)6-4-9;1-5-10(2)12(4)13-9-7-6-8-11(13)3;2*1-3-4-2;1-2/h3-6,11,13H,7H2,1-2H3;6-9H,5H2,1-4H3;2*3-4H2,1-2H3;1-2H3/b;12-10+;;;/t11?,13-;;;;/m0..../s1. The van der Waals surface area contributed by atoms with Crippen LogP contribution in [0, 0.1) is 12.8 Å². The van der Waals surface area contributed by atoms with Gasteiger partial charge in [0.15, 0.2) is 0 Å². The second-order valence-corrected chi connectivity index (χ2v) is 9.68. The molecule has 2 aromatic rings. The summed E-state index contributed by atoms with van der Waals surface area (Å²) >= 11 is 0. The van der Waals surface area contributed by atoms with Gasteiger partial charge < -0.3 is 9.47 Å². The number of allylic oxidation sites excluding steroid dienone is 2. The number of benzene rings is 2. The molecule has 0 N–H and O–H groups in total. The first-order chi connectivity index (χ1) is 19.1. The Labute approximate surface area is 246 Å². The Morgan fingerprint density at radius 2 is 1.35 bits per heavy atom. The number of hydrogen-bond donors (Lipinski definition) is 0. The van der Waals surface area contributed by atoms with Gasteiger partial charge in [0.05, 0.1) is 19.4 Å². The largest absolute Gasteiger partial charge is 0.497 e. The number of unbranched alkanes of at least 4 members (excludes halogenated alkanes) is 2. The van der Waals surface area contributed by atoms with Crippen molar-refractivity contribution in [3.63, 3.8) is 0 Å². The highest BCUT2D eigenvalue weighted by molar-refractivity contribution is 5.87. The summed E-state index contributed by atoms with van der Waals surface area (Å²) in [7, 11) is 1.59. The third-order valence-corrected chi connectivity index (χ3v) is 6.70. The Bertz CT molecular complexity index is 965. The molecule has 1 unspecified atom stereocenters. The Morgan fingerprint density at radius 1 is 0.850 bits per heavy atom. The molecule has 0 aliphatic carbocycles. The van der Waals surface area contributed by atoms with Gasteiger partial charge >= 0.3 is 5.97 Å². The minimum Gasteiger partial charge on any atom is -0.497 e. The van der Waals surface area contributed by atoms with Crippen LogP contribution < -0.4 is 4.74 Å². The van der Waals surface area contributed by atoms with E-state index in [2.05, 4.69) is 79.7 Å². The number of methoxy groups -OCH3 is 1. The van der Waals surface area contributed by atoms with Crippen molar-refractivity contribution >= 4 is 17.3 Å². The summed E-state index contributed by atoms with van der Waals surface area (Å²) in [5.41, 5.74) is 6.50. The minimum atomic E-state index is -0.453. The van der Waals surface area contributed by atoms with E-state index in [1.165, 1.54) is 54.9 Å². The fourth-order valence-electron chi connectivity index (χ4n) is 3.50. The molecule has 4 heteroatoms. The number of esters is 1. The Kier molecular flexibility index (Phi) is 23.5. The van der Waals surface area contributed by atoms with Gasteiger partial charge in [-0.15, -0.1) is 0 Å². The lowest BCUT2D eigenvalue weighted by Crippen LogP contribution is -2.15. The molecule has 4 nitrogen and oxygen atoms in total. The molecule has 0 radical (unpaired) electrons. The molecule has 226 valence electrons. The first-order valence-electron chi connectivity index (χ1n) is 15.2. The van der Waals surface area contributed by atoms with Crippen LogP contribution in [0.15, 0.2) is 54.1 Å². The zero-order valence-electron chi connectivity index (χ0n) is 27.6. The molecular formula is C36H58O4. The molecule has 1 saturated heterocycles. The van der Waals surface area contributed by atoms with Crippen molar-refractivity contribution in [3.05, 3.63) is 70.8 Å². The van der Waals surface area contributed by atoms with E-state index >= 15 is 0 Å². The van der Waals surface area contributed by atoms with Crippen LogP contribution in [-0.2, 0) is 14.3 Å². The predicted octanol–water partition coefficient (Wildman–Crippen LogP) is 10.7. The van der Waals surface area contributed by atoms with E-state index in [0.717, 1.165) is 17.7 Å². The van der Waals surface area contributed by atoms with Crippen molar-refractivity contribution in [2.75, 3.05) is 7.11 Å². The van der Waals surface area contributed by atoms with E-state index in [1.807, 2.05) is 26.0 Å². The van der Waals surface area contributed by atoms with Crippen LogP contribution in [0.5, 0.6) is 5.75 Å². The lowest BCUT2D eigenvalue weighted by Gasteiger charge is -2.15. The Balaban J connectivity index is 0. The van der Waals surface area contributed by atoms with Crippen LogP contribution in [0.4, 0.5) is 0 Å². The molecule has 0 aromatic heterocycles. The molecule has 40 heavy (non-hydrogen) atoms. The topological polar surface area (TPSA) is 52.6 Å². The van der Waals surface area contributed by atoms with E-state index in [1.54, 1.807) is 19.2 Å². The van der Waals surface area contributed by atoms with Gasteiger partial charge in [0.2, 0.25) is 0 Å². The number of carbonyl (C=O) groups is 2. The van der Waals surface area contributed by atoms with Crippen molar-refractivity contribution in [1.82, 2.24) is 0 Å². The van der Waals surface area contributed by atoms with Gasteiger partial charge in [-0.2, -0.15) is 0 Å². The first kappa shape index (κ1) is 39.3. The van der Waals surface area contributed by atoms with Crippen molar-refractivity contribution < 1.29 is 19.1 Å². The Hall–Kier alpha value is -2.88. The summed E-state index contributed by atoms with van der Waals surface area (Å²) in [6, 6.07) is 15.8. The van der Waals surface area contributed by atoms with E-state index in [-0.39, 0.29) is 24.1 Å². The molecule has 1 aliphatic heterocycles. The van der Waals surface area contributed by atoms with Crippen molar-refractivity contribution in [2.24, 2.45) is 5.92 Å². The smallest absolute Gasteiger partial charge is 0.307 e. The average molecular weight is 555 g/mol. The molecular weight excluding hydrogens is 496 g/mol. The van der Waals surface area contributed by atoms with E-state index in [0.29, 0.717) is 0 Å². The normalized spacial score (nSPS) is 15.7. The molecule has 2 aromatic carbocycles.